The molecule has 3 atom stereocenters. The van der Waals surface area contributed by atoms with E-state index in [0.29, 0.717) is 31.1 Å². The van der Waals surface area contributed by atoms with E-state index in [9.17, 15) is 9.90 Å². The molecule has 0 aromatic heterocycles. The monoisotopic (exact) mass is 462 g/mol. The molecule has 2 aliphatic heterocycles. The Balaban J connectivity index is 1.04. The van der Waals surface area contributed by atoms with E-state index < -0.39 is 5.60 Å². The Kier molecular flexibility index (Phi) is 5.74. The Morgan fingerprint density at radius 2 is 1.74 bits per heavy atom. The predicted molar refractivity (Wildman–Crippen MR) is 128 cm³/mol. The zero-order valence-corrected chi connectivity index (χ0v) is 19.6. The molecule has 3 unspecified atom stereocenters. The molecule has 2 aliphatic carbocycles. The van der Waals surface area contributed by atoms with Gasteiger partial charge < -0.3 is 19.9 Å². The number of ether oxygens (including phenoxy) is 2. The molecule has 2 aromatic carbocycles. The zero-order valence-electron chi connectivity index (χ0n) is 19.6. The average Bonchev–Trinajstić information content (AvgIpc) is 3.20. The molecule has 1 amide bonds. The van der Waals surface area contributed by atoms with Crippen molar-refractivity contribution in [2.75, 3.05) is 26.4 Å². The quantitative estimate of drug-likeness (QED) is 0.657. The topological polar surface area (TPSA) is 71.0 Å². The summed E-state index contributed by atoms with van der Waals surface area (Å²) in [6.07, 6.45) is 5.17. The number of likely N-dealkylation sites (tertiary alicyclic amines) is 1. The molecule has 0 bridgehead atoms. The van der Waals surface area contributed by atoms with Gasteiger partial charge in [0.15, 0.2) is 17.1 Å². The third-order valence-corrected chi connectivity index (χ3v) is 8.54. The number of piperidine rings is 1. The van der Waals surface area contributed by atoms with Crippen LogP contribution in [-0.4, -0.2) is 42.3 Å². The molecule has 2 aromatic rings. The summed E-state index contributed by atoms with van der Waals surface area (Å²) in [5, 5.41) is 14.9. The van der Waals surface area contributed by atoms with Gasteiger partial charge >= 0.3 is 0 Å². The summed E-state index contributed by atoms with van der Waals surface area (Å²) in [6, 6.07) is 15.7. The molecule has 34 heavy (non-hydrogen) atoms. The Labute approximate surface area is 201 Å². The van der Waals surface area contributed by atoms with Crippen LogP contribution in [0.1, 0.15) is 43.2 Å². The van der Waals surface area contributed by atoms with Gasteiger partial charge in [-0.05, 0) is 53.9 Å². The van der Waals surface area contributed by atoms with Gasteiger partial charge in [-0.15, -0.1) is 0 Å². The number of aliphatic hydroxyl groups is 1. The van der Waals surface area contributed by atoms with Crippen LogP contribution >= 0.6 is 0 Å². The first kappa shape index (κ1) is 21.9. The van der Waals surface area contributed by atoms with Crippen LogP contribution in [0.5, 0.6) is 11.5 Å². The minimum atomic E-state index is -1.43. The molecule has 2 N–H and O–H groups in total. The lowest BCUT2D eigenvalue weighted by Crippen LogP contribution is -2.50. The van der Waals surface area contributed by atoms with E-state index in [4.69, 9.17) is 9.47 Å². The Hall–Kier alpha value is -2.57. The van der Waals surface area contributed by atoms with Crippen LogP contribution in [-0.2, 0) is 16.9 Å². The van der Waals surface area contributed by atoms with Crippen molar-refractivity contribution in [2.24, 2.45) is 23.7 Å². The maximum absolute atomic E-state index is 13.4. The van der Waals surface area contributed by atoms with Crippen LogP contribution in [0.3, 0.4) is 0 Å². The Morgan fingerprint density at radius 1 is 1.00 bits per heavy atom. The molecule has 6 rings (SSSR count). The van der Waals surface area contributed by atoms with Crippen LogP contribution in [0.4, 0.5) is 0 Å². The van der Waals surface area contributed by atoms with Gasteiger partial charge in [-0.1, -0.05) is 55.7 Å². The van der Waals surface area contributed by atoms with Gasteiger partial charge in [-0.3, -0.25) is 9.69 Å². The van der Waals surface area contributed by atoms with Gasteiger partial charge in [-0.25, -0.2) is 0 Å². The molecule has 6 heteroatoms. The maximum Gasteiger partial charge on any atom is 0.256 e. The number of nitrogens with one attached hydrogen (secondary N) is 1. The van der Waals surface area contributed by atoms with E-state index in [1.54, 1.807) is 0 Å². The summed E-state index contributed by atoms with van der Waals surface area (Å²) >= 11 is 0. The first-order valence-corrected chi connectivity index (χ1v) is 12.8. The molecule has 2 saturated carbocycles. The van der Waals surface area contributed by atoms with Crippen LogP contribution in [0.25, 0.3) is 0 Å². The van der Waals surface area contributed by atoms with Crippen LogP contribution in [0, 0.1) is 23.7 Å². The highest BCUT2D eigenvalue weighted by Crippen LogP contribution is 2.52. The second kappa shape index (κ2) is 8.90. The van der Waals surface area contributed by atoms with Crippen LogP contribution in [0.2, 0.25) is 0 Å². The largest absolute Gasteiger partial charge is 0.454 e. The predicted octanol–water partition coefficient (Wildman–Crippen LogP) is 3.68. The van der Waals surface area contributed by atoms with Crippen LogP contribution in [0.15, 0.2) is 48.5 Å². The number of carbonyl (C=O) groups is 1. The highest BCUT2D eigenvalue weighted by molar-refractivity contribution is 5.86. The highest BCUT2D eigenvalue weighted by atomic mass is 16.7. The van der Waals surface area contributed by atoms with Crippen LogP contribution < -0.4 is 14.8 Å². The van der Waals surface area contributed by atoms with Crippen molar-refractivity contribution in [1.82, 2.24) is 10.2 Å². The number of carbonyl (C=O) groups excluding carboxylic acids is 1. The fraction of sp³-hybridized carbons (Fsp3) is 0.536. The molecule has 4 aliphatic rings. The number of rotatable bonds is 7. The lowest BCUT2D eigenvalue weighted by Gasteiger charge is -2.37. The van der Waals surface area contributed by atoms with E-state index in [2.05, 4.69) is 22.3 Å². The summed E-state index contributed by atoms with van der Waals surface area (Å²) in [5.74, 6) is 3.22. The molecule has 0 radical (unpaired) electrons. The zero-order chi connectivity index (χ0) is 23.1. The van der Waals surface area contributed by atoms with Crippen molar-refractivity contribution in [3.05, 3.63) is 59.7 Å². The second-order valence-electron chi connectivity index (χ2n) is 10.6. The van der Waals surface area contributed by atoms with Gasteiger partial charge in [0.2, 0.25) is 6.79 Å². The summed E-state index contributed by atoms with van der Waals surface area (Å²) in [7, 11) is 0. The molecule has 180 valence electrons. The highest BCUT2D eigenvalue weighted by Gasteiger charge is 2.55. The van der Waals surface area contributed by atoms with Crippen molar-refractivity contribution in [2.45, 2.75) is 44.2 Å². The molecule has 0 spiro atoms. The number of nitrogens with zero attached hydrogens (tertiary/aromatic N) is 1. The van der Waals surface area contributed by atoms with Gasteiger partial charge in [0.05, 0.1) is 0 Å². The van der Waals surface area contributed by atoms with Gasteiger partial charge in [0, 0.05) is 32.1 Å². The second-order valence-corrected chi connectivity index (χ2v) is 10.6. The first-order chi connectivity index (χ1) is 16.6. The van der Waals surface area contributed by atoms with E-state index in [1.165, 1.54) is 12.0 Å². The standard InChI is InChI=1S/C28H34N2O4/c31-27(28(32,20-7-3-1-4-8-20)21-9-5-2-6-10-21)29-14-22-23-16-30(17-24(22)23)15-19-11-12-25-26(13-19)34-18-33-25/h1,3-4,7-8,11-13,21-24,32H,2,5-6,9-10,14-18H2,(H,29,31). The van der Waals surface area contributed by atoms with E-state index in [1.807, 2.05) is 36.4 Å². The number of amides is 1. The van der Waals surface area contributed by atoms with Crippen molar-refractivity contribution >= 4 is 5.91 Å². The lowest BCUT2D eigenvalue weighted by atomic mass is 9.73. The van der Waals surface area contributed by atoms with Crippen molar-refractivity contribution in [3.8, 4) is 11.5 Å². The van der Waals surface area contributed by atoms with E-state index in [0.717, 1.165) is 62.4 Å². The van der Waals surface area contributed by atoms with E-state index >= 15 is 0 Å². The average molecular weight is 463 g/mol. The first-order valence-electron chi connectivity index (χ1n) is 12.8. The number of hydrogen-bond acceptors (Lipinski definition) is 5. The third kappa shape index (κ3) is 3.97. The maximum atomic E-state index is 13.4. The van der Waals surface area contributed by atoms with Gasteiger partial charge in [0.25, 0.3) is 5.91 Å². The Bertz CT molecular complexity index is 1030. The Morgan fingerprint density at radius 3 is 2.50 bits per heavy atom. The third-order valence-electron chi connectivity index (χ3n) is 8.54. The summed E-state index contributed by atoms with van der Waals surface area (Å²) in [6.45, 7) is 4.00. The molecular formula is C28H34N2O4. The number of benzene rings is 2. The number of fused-ring (bicyclic) bond motifs is 2. The summed E-state index contributed by atoms with van der Waals surface area (Å²) < 4.78 is 10.9. The van der Waals surface area contributed by atoms with Crippen molar-refractivity contribution < 1.29 is 19.4 Å². The minimum absolute atomic E-state index is 0.0143. The smallest absolute Gasteiger partial charge is 0.256 e. The summed E-state index contributed by atoms with van der Waals surface area (Å²) in [4.78, 5) is 15.9. The minimum Gasteiger partial charge on any atom is -0.454 e. The fourth-order valence-electron chi connectivity index (χ4n) is 6.58. The SMILES string of the molecule is O=C(NCC1C2CN(Cc3ccc4c(c3)OCO4)CC12)C(O)(c1ccccc1)C1CCCCC1. The van der Waals surface area contributed by atoms with Gasteiger partial charge in [-0.2, -0.15) is 0 Å². The fourth-order valence-corrected chi connectivity index (χ4v) is 6.58. The molecular weight excluding hydrogens is 428 g/mol. The molecule has 1 saturated heterocycles. The molecule has 2 heterocycles. The van der Waals surface area contributed by atoms with E-state index in [-0.39, 0.29) is 11.8 Å². The lowest BCUT2D eigenvalue weighted by molar-refractivity contribution is -0.149. The molecule has 6 nitrogen and oxygen atoms in total. The number of hydrogen-bond donors (Lipinski definition) is 2. The molecule has 3 fully saturated rings. The van der Waals surface area contributed by atoms with Crippen molar-refractivity contribution in [1.29, 1.82) is 0 Å². The normalized spacial score (nSPS) is 27.7. The van der Waals surface area contributed by atoms with Crippen molar-refractivity contribution in [3.63, 3.8) is 0 Å². The summed E-state index contributed by atoms with van der Waals surface area (Å²) in [5.41, 5.74) is 0.540. The van der Waals surface area contributed by atoms with Gasteiger partial charge in [0.1, 0.15) is 0 Å².